The summed E-state index contributed by atoms with van der Waals surface area (Å²) in [6, 6.07) is 15.1. The second-order valence-corrected chi connectivity index (χ2v) is 6.72. The highest BCUT2D eigenvalue weighted by molar-refractivity contribution is 5.86. The number of amides is 1. The maximum absolute atomic E-state index is 13.2. The first kappa shape index (κ1) is 14.5. The minimum Gasteiger partial charge on any atom is -0.447 e. The lowest BCUT2D eigenvalue weighted by molar-refractivity contribution is 0.154. The van der Waals surface area contributed by atoms with Gasteiger partial charge in [-0.05, 0) is 35.7 Å². The fourth-order valence-electron chi connectivity index (χ4n) is 4.04. The molecular weight excluding hydrogens is 319 g/mol. The van der Waals surface area contributed by atoms with E-state index >= 15 is 0 Å². The number of carbonyl (C=O) groups is 1. The lowest BCUT2D eigenvalue weighted by atomic mass is 9.98. The molecule has 126 valence electrons. The van der Waals surface area contributed by atoms with Gasteiger partial charge in [0.05, 0.1) is 12.6 Å². The van der Waals surface area contributed by atoms with E-state index < -0.39 is 0 Å². The number of aromatic nitrogens is 1. The molecule has 5 rings (SSSR count). The molecule has 25 heavy (non-hydrogen) atoms. The van der Waals surface area contributed by atoms with E-state index in [2.05, 4.69) is 16.7 Å². The van der Waals surface area contributed by atoms with Crippen LogP contribution in [0.2, 0.25) is 0 Å². The summed E-state index contributed by atoms with van der Waals surface area (Å²) in [4.78, 5) is 13.8. The number of hydrogen-bond acceptors (Lipinski definition) is 2. The summed E-state index contributed by atoms with van der Waals surface area (Å²) in [6.07, 6.45) is 0.590. The predicted octanol–water partition coefficient (Wildman–Crippen LogP) is 3.71. The average molecular weight is 336 g/mol. The van der Waals surface area contributed by atoms with Crippen molar-refractivity contribution in [1.29, 1.82) is 0 Å². The molecule has 0 radical (unpaired) electrons. The Labute approximate surface area is 144 Å². The van der Waals surface area contributed by atoms with Crippen molar-refractivity contribution < 1.29 is 13.9 Å². The molecule has 3 heterocycles. The average Bonchev–Trinajstić information content (AvgIpc) is 3.14. The highest BCUT2D eigenvalue weighted by atomic mass is 19.1. The van der Waals surface area contributed by atoms with Gasteiger partial charge in [-0.2, -0.15) is 0 Å². The Morgan fingerprint density at radius 1 is 1.12 bits per heavy atom. The highest BCUT2D eigenvalue weighted by Crippen LogP contribution is 2.35. The molecule has 0 aliphatic carbocycles. The van der Waals surface area contributed by atoms with Crippen LogP contribution in [-0.4, -0.2) is 28.2 Å². The molecule has 1 atom stereocenters. The third-order valence-electron chi connectivity index (χ3n) is 5.28. The number of hydrogen-bond donors (Lipinski definition) is 0. The summed E-state index contributed by atoms with van der Waals surface area (Å²) in [5.74, 6) is -0.231. The first-order valence-electron chi connectivity index (χ1n) is 8.47. The molecule has 1 fully saturated rings. The van der Waals surface area contributed by atoms with Gasteiger partial charge in [0.15, 0.2) is 0 Å². The molecule has 2 aromatic carbocycles. The summed E-state index contributed by atoms with van der Waals surface area (Å²) in [5, 5.41) is 1.23. The van der Waals surface area contributed by atoms with E-state index in [-0.39, 0.29) is 18.0 Å². The monoisotopic (exact) mass is 336 g/mol. The van der Waals surface area contributed by atoms with Crippen LogP contribution < -0.4 is 0 Å². The first-order chi connectivity index (χ1) is 12.2. The third-order valence-corrected chi connectivity index (χ3v) is 5.28. The van der Waals surface area contributed by atoms with Gasteiger partial charge in [-0.15, -0.1) is 0 Å². The second-order valence-electron chi connectivity index (χ2n) is 6.72. The van der Waals surface area contributed by atoms with Gasteiger partial charge in [0.1, 0.15) is 12.4 Å². The van der Waals surface area contributed by atoms with Gasteiger partial charge in [0.25, 0.3) is 0 Å². The Kier molecular flexibility index (Phi) is 3.10. The second kappa shape index (κ2) is 5.34. The van der Waals surface area contributed by atoms with Crippen LogP contribution in [0.5, 0.6) is 0 Å². The van der Waals surface area contributed by atoms with Gasteiger partial charge in [-0.1, -0.05) is 30.3 Å². The maximum Gasteiger partial charge on any atom is 0.410 e. The number of carbonyl (C=O) groups excluding carboxylic acids is 1. The van der Waals surface area contributed by atoms with E-state index in [1.165, 1.54) is 23.1 Å². The maximum atomic E-state index is 13.2. The van der Waals surface area contributed by atoms with Crippen LogP contribution in [0.15, 0.2) is 48.5 Å². The SMILES string of the molecule is O=C1OC[C@@H]2Cc3c(n(Cc4ccc(F)cc4)c4ccccc34)CN12. The van der Waals surface area contributed by atoms with Gasteiger partial charge in [-0.3, -0.25) is 4.90 Å². The number of para-hydroxylation sites is 1. The summed E-state index contributed by atoms with van der Waals surface area (Å²) < 4.78 is 20.7. The minimum atomic E-state index is -0.231. The number of cyclic esters (lactones) is 1. The van der Waals surface area contributed by atoms with Gasteiger partial charge in [0, 0.05) is 23.1 Å². The van der Waals surface area contributed by atoms with Crippen LogP contribution in [0.1, 0.15) is 16.8 Å². The van der Waals surface area contributed by atoms with E-state index in [0.717, 1.165) is 23.2 Å². The molecule has 1 aromatic heterocycles. The van der Waals surface area contributed by atoms with Crippen molar-refractivity contribution in [2.24, 2.45) is 0 Å². The third kappa shape index (κ3) is 2.22. The van der Waals surface area contributed by atoms with E-state index in [4.69, 9.17) is 4.74 Å². The Hall–Kier alpha value is -2.82. The predicted molar refractivity (Wildman–Crippen MR) is 91.8 cm³/mol. The normalized spacial score (nSPS) is 19.0. The van der Waals surface area contributed by atoms with Crippen molar-refractivity contribution in [2.45, 2.75) is 25.6 Å². The molecule has 1 saturated heterocycles. The van der Waals surface area contributed by atoms with Gasteiger partial charge < -0.3 is 9.30 Å². The molecule has 3 aromatic rings. The van der Waals surface area contributed by atoms with Gasteiger partial charge in [-0.25, -0.2) is 9.18 Å². The first-order valence-corrected chi connectivity index (χ1v) is 8.47. The molecule has 0 bridgehead atoms. The van der Waals surface area contributed by atoms with Crippen LogP contribution in [0.25, 0.3) is 10.9 Å². The van der Waals surface area contributed by atoms with E-state index in [9.17, 15) is 9.18 Å². The molecule has 0 spiro atoms. The molecule has 0 N–H and O–H groups in total. The lowest BCUT2D eigenvalue weighted by Crippen LogP contribution is -2.39. The molecule has 0 saturated carbocycles. The van der Waals surface area contributed by atoms with Crippen LogP contribution in [0.4, 0.5) is 9.18 Å². The topological polar surface area (TPSA) is 34.5 Å². The van der Waals surface area contributed by atoms with Crippen molar-refractivity contribution in [1.82, 2.24) is 9.47 Å². The van der Waals surface area contributed by atoms with Gasteiger partial charge in [0.2, 0.25) is 0 Å². The van der Waals surface area contributed by atoms with Crippen molar-refractivity contribution in [3.05, 3.63) is 71.2 Å². The standard InChI is InChI=1S/C20H17FN2O2/c21-14-7-5-13(6-8-14)10-23-18-4-2-1-3-16(18)17-9-15-12-25-20(24)22(15)11-19(17)23/h1-8,15H,9-12H2/t15-/m0/s1. The number of fused-ring (bicyclic) bond motifs is 4. The lowest BCUT2D eigenvalue weighted by Gasteiger charge is -2.28. The summed E-state index contributed by atoms with van der Waals surface area (Å²) in [6.45, 7) is 1.69. The van der Waals surface area contributed by atoms with Gasteiger partial charge >= 0.3 is 6.09 Å². The quantitative estimate of drug-likeness (QED) is 0.715. The van der Waals surface area contributed by atoms with Crippen molar-refractivity contribution >= 4 is 17.0 Å². The van der Waals surface area contributed by atoms with Crippen LogP contribution in [0, 0.1) is 5.82 Å². The molecule has 4 nitrogen and oxygen atoms in total. The number of ether oxygens (including phenoxy) is 1. The Morgan fingerprint density at radius 3 is 2.76 bits per heavy atom. The summed E-state index contributed by atoms with van der Waals surface area (Å²) in [5.41, 5.74) is 4.65. The largest absolute Gasteiger partial charge is 0.447 e. The Morgan fingerprint density at radius 2 is 1.92 bits per heavy atom. The minimum absolute atomic E-state index is 0.130. The highest BCUT2D eigenvalue weighted by Gasteiger charge is 2.39. The smallest absolute Gasteiger partial charge is 0.410 e. The number of rotatable bonds is 2. The molecule has 5 heteroatoms. The van der Waals surface area contributed by atoms with E-state index in [1.807, 2.05) is 29.2 Å². The van der Waals surface area contributed by atoms with Crippen molar-refractivity contribution in [3.63, 3.8) is 0 Å². The summed E-state index contributed by atoms with van der Waals surface area (Å²) >= 11 is 0. The molecular formula is C20H17FN2O2. The summed E-state index contributed by atoms with van der Waals surface area (Å²) in [7, 11) is 0. The molecule has 0 unspecified atom stereocenters. The van der Waals surface area contributed by atoms with Crippen LogP contribution >= 0.6 is 0 Å². The number of halogens is 1. The fourth-order valence-corrected chi connectivity index (χ4v) is 4.04. The fraction of sp³-hybridized carbons (Fsp3) is 0.250. The number of benzene rings is 2. The van der Waals surface area contributed by atoms with Crippen molar-refractivity contribution in [3.8, 4) is 0 Å². The van der Waals surface area contributed by atoms with Crippen LogP contribution in [-0.2, 0) is 24.2 Å². The van der Waals surface area contributed by atoms with Crippen LogP contribution in [0.3, 0.4) is 0 Å². The van der Waals surface area contributed by atoms with E-state index in [1.54, 1.807) is 0 Å². The number of nitrogens with zero attached hydrogens (tertiary/aromatic N) is 2. The van der Waals surface area contributed by atoms with Crippen molar-refractivity contribution in [2.75, 3.05) is 6.61 Å². The Balaban J connectivity index is 1.64. The van der Waals surface area contributed by atoms with E-state index in [0.29, 0.717) is 19.7 Å². The zero-order valence-corrected chi connectivity index (χ0v) is 13.6. The zero-order chi connectivity index (χ0) is 17.0. The molecule has 1 amide bonds. The zero-order valence-electron chi connectivity index (χ0n) is 13.6. The molecule has 2 aliphatic heterocycles. The molecule has 2 aliphatic rings. The Bertz CT molecular complexity index is 977.